The van der Waals surface area contributed by atoms with E-state index in [0.29, 0.717) is 36.3 Å². The molecule has 0 N–H and O–H groups in total. The van der Waals surface area contributed by atoms with E-state index < -0.39 is 11.6 Å². The molecular formula is C23H25F3. The van der Waals surface area contributed by atoms with E-state index >= 15 is 0 Å². The molecule has 0 heterocycles. The van der Waals surface area contributed by atoms with Crippen molar-refractivity contribution in [2.75, 3.05) is 0 Å². The lowest BCUT2D eigenvalue weighted by atomic mass is 9.77. The number of fused-ring (bicyclic) bond motifs is 1. The molecule has 2 aliphatic carbocycles. The van der Waals surface area contributed by atoms with Crippen LogP contribution >= 0.6 is 0 Å². The molecule has 1 atom stereocenters. The summed E-state index contributed by atoms with van der Waals surface area (Å²) in [7, 11) is 0. The van der Waals surface area contributed by atoms with Crippen LogP contribution in [0.1, 0.15) is 73.1 Å². The molecule has 0 aliphatic heterocycles. The standard InChI is InChI=1S/C23H25F3/c1-14-2-4-15(5-3-14)16-6-9-19(22(25)13-16)17-7-10-20-18(12-17)8-11-21(24)23(20)26/h6,8-9,11,13-15,17H,2-5,7,10,12H2,1H3. The minimum atomic E-state index is -0.792. The number of halogens is 3. The highest BCUT2D eigenvalue weighted by Crippen LogP contribution is 2.39. The third-order valence-corrected chi connectivity index (χ3v) is 6.45. The van der Waals surface area contributed by atoms with Crippen LogP contribution in [-0.4, -0.2) is 0 Å². The summed E-state index contributed by atoms with van der Waals surface area (Å²) in [5.74, 6) is -0.380. The summed E-state index contributed by atoms with van der Waals surface area (Å²) >= 11 is 0. The van der Waals surface area contributed by atoms with Gasteiger partial charge in [-0.2, -0.15) is 0 Å². The zero-order valence-electron chi connectivity index (χ0n) is 15.2. The van der Waals surface area contributed by atoms with Crippen molar-refractivity contribution in [3.05, 3.63) is 70.0 Å². The normalized spacial score (nSPS) is 25.8. The Hall–Kier alpha value is -1.77. The summed E-state index contributed by atoms with van der Waals surface area (Å²) in [6.45, 7) is 2.29. The minimum absolute atomic E-state index is 0.0350. The highest BCUT2D eigenvalue weighted by Gasteiger charge is 2.27. The van der Waals surface area contributed by atoms with Gasteiger partial charge in [-0.1, -0.05) is 38.0 Å². The van der Waals surface area contributed by atoms with Gasteiger partial charge < -0.3 is 0 Å². The van der Waals surface area contributed by atoms with Crippen LogP contribution in [0.2, 0.25) is 0 Å². The molecule has 0 spiro atoms. The van der Waals surface area contributed by atoms with Crippen molar-refractivity contribution in [2.24, 2.45) is 5.92 Å². The molecule has 4 rings (SSSR count). The first-order chi connectivity index (χ1) is 12.5. The maximum absolute atomic E-state index is 14.9. The van der Waals surface area contributed by atoms with Crippen LogP contribution in [0.25, 0.3) is 0 Å². The van der Waals surface area contributed by atoms with E-state index in [1.807, 2.05) is 6.07 Å². The van der Waals surface area contributed by atoms with E-state index in [2.05, 4.69) is 13.0 Å². The Kier molecular flexibility index (Phi) is 4.81. The lowest BCUT2D eigenvalue weighted by Crippen LogP contribution is -2.16. The second kappa shape index (κ2) is 7.09. The molecule has 0 radical (unpaired) electrons. The Labute approximate surface area is 153 Å². The van der Waals surface area contributed by atoms with Gasteiger partial charge in [-0.05, 0) is 84.2 Å². The molecule has 0 aromatic heterocycles. The first-order valence-corrected chi connectivity index (χ1v) is 9.78. The van der Waals surface area contributed by atoms with E-state index in [-0.39, 0.29) is 11.7 Å². The van der Waals surface area contributed by atoms with Gasteiger partial charge in [0.1, 0.15) is 5.82 Å². The fourth-order valence-corrected chi connectivity index (χ4v) is 4.77. The molecule has 2 aromatic rings. The molecule has 0 nitrogen and oxygen atoms in total. The van der Waals surface area contributed by atoms with Crippen molar-refractivity contribution in [2.45, 2.75) is 63.7 Å². The van der Waals surface area contributed by atoms with Crippen LogP contribution < -0.4 is 0 Å². The van der Waals surface area contributed by atoms with E-state index in [1.165, 1.54) is 18.9 Å². The quantitative estimate of drug-likeness (QED) is 0.562. The molecule has 26 heavy (non-hydrogen) atoms. The van der Waals surface area contributed by atoms with Gasteiger partial charge in [-0.3, -0.25) is 0 Å². The fourth-order valence-electron chi connectivity index (χ4n) is 4.77. The molecule has 2 aliphatic rings. The number of rotatable bonds is 2. The lowest BCUT2D eigenvalue weighted by Gasteiger charge is -2.28. The van der Waals surface area contributed by atoms with Crippen LogP contribution in [-0.2, 0) is 12.8 Å². The number of hydrogen-bond acceptors (Lipinski definition) is 0. The van der Waals surface area contributed by atoms with Crippen molar-refractivity contribution >= 4 is 0 Å². The Morgan fingerprint density at radius 2 is 1.58 bits per heavy atom. The number of hydrogen-bond donors (Lipinski definition) is 0. The van der Waals surface area contributed by atoms with Crippen LogP contribution in [0.3, 0.4) is 0 Å². The third kappa shape index (κ3) is 3.28. The summed E-state index contributed by atoms with van der Waals surface area (Å²) in [5.41, 5.74) is 3.11. The lowest BCUT2D eigenvalue weighted by molar-refractivity contribution is 0.347. The molecule has 0 amide bonds. The zero-order valence-corrected chi connectivity index (χ0v) is 15.2. The van der Waals surface area contributed by atoms with E-state index in [1.54, 1.807) is 12.1 Å². The molecule has 138 valence electrons. The van der Waals surface area contributed by atoms with Crippen LogP contribution in [0.15, 0.2) is 30.3 Å². The highest BCUT2D eigenvalue weighted by atomic mass is 19.2. The fraction of sp³-hybridized carbons (Fsp3) is 0.478. The molecule has 3 heteroatoms. The second-order valence-electron chi connectivity index (χ2n) is 8.18. The van der Waals surface area contributed by atoms with Gasteiger partial charge in [-0.15, -0.1) is 0 Å². The van der Waals surface area contributed by atoms with Gasteiger partial charge in [0.05, 0.1) is 0 Å². The smallest absolute Gasteiger partial charge is 0.162 e. The molecule has 1 saturated carbocycles. The number of benzene rings is 2. The molecule has 0 bridgehead atoms. The monoisotopic (exact) mass is 358 g/mol. The van der Waals surface area contributed by atoms with Crippen molar-refractivity contribution < 1.29 is 13.2 Å². The van der Waals surface area contributed by atoms with Gasteiger partial charge in [0.2, 0.25) is 0 Å². The van der Waals surface area contributed by atoms with Crippen molar-refractivity contribution in [3.63, 3.8) is 0 Å². The molecule has 1 fully saturated rings. The van der Waals surface area contributed by atoms with Gasteiger partial charge in [-0.25, -0.2) is 13.2 Å². The highest BCUT2D eigenvalue weighted by molar-refractivity contribution is 5.37. The molecule has 1 unspecified atom stereocenters. The minimum Gasteiger partial charge on any atom is -0.207 e. The second-order valence-corrected chi connectivity index (χ2v) is 8.18. The Morgan fingerprint density at radius 3 is 2.31 bits per heavy atom. The Balaban J connectivity index is 1.54. The van der Waals surface area contributed by atoms with E-state index in [9.17, 15) is 13.2 Å². The van der Waals surface area contributed by atoms with Crippen LogP contribution in [0.4, 0.5) is 13.2 Å². The average Bonchev–Trinajstić information content (AvgIpc) is 2.65. The predicted octanol–water partition coefficient (Wildman–Crippen LogP) is 6.67. The van der Waals surface area contributed by atoms with Crippen LogP contribution in [0, 0.1) is 23.4 Å². The first kappa shape index (κ1) is 17.6. The summed E-state index contributed by atoms with van der Waals surface area (Å²) < 4.78 is 42.2. The van der Waals surface area contributed by atoms with Gasteiger partial charge in [0.15, 0.2) is 11.6 Å². The predicted molar refractivity (Wildman–Crippen MR) is 97.9 cm³/mol. The van der Waals surface area contributed by atoms with Crippen molar-refractivity contribution in [1.82, 2.24) is 0 Å². The summed E-state index contributed by atoms with van der Waals surface area (Å²) in [4.78, 5) is 0. The molecular weight excluding hydrogens is 333 g/mol. The zero-order chi connectivity index (χ0) is 18.3. The van der Waals surface area contributed by atoms with E-state index in [4.69, 9.17) is 0 Å². The maximum atomic E-state index is 14.9. The topological polar surface area (TPSA) is 0 Å². The van der Waals surface area contributed by atoms with E-state index in [0.717, 1.165) is 29.9 Å². The molecule has 2 aromatic carbocycles. The summed E-state index contributed by atoms with van der Waals surface area (Å²) in [5, 5.41) is 0. The van der Waals surface area contributed by atoms with Gasteiger partial charge in [0, 0.05) is 0 Å². The largest absolute Gasteiger partial charge is 0.207 e. The summed E-state index contributed by atoms with van der Waals surface area (Å²) in [6, 6.07) is 8.56. The third-order valence-electron chi connectivity index (χ3n) is 6.45. The van der Waals surface area contributed by atoms with Gasteiger partial charge >= 0.3 is 0 Å². The molecule has 0 saturated heterocycles. The van der Waals surface area contributed by atoms with Gasteiger partial charge in [0.25, 0.3) is 0 Å². The van der Waals surface area contributed by atoms with Crippen LogP contribution in [0.5, 0.6) is 0 Å². The maximum Gasteiger partial charge on any atom is 0.162 e. The van der Waals surface area contributed by atoms with Crippen molar-refractivity contribution in [1.29, 1.82) is 0 Å². The summed E-state index contributed by atoms with van der Waals surface area (Å²) in [6.07, 6.45) is 6.41. The SMILES string of the molecule is CC1CCC(c2ccc(C3CCc4c(ccc(F)c4F)C3)c(F)c2)CC1. The van der Waals surface area contributed by atoms with Crippen molar-refractivity contribution in [3.8, 4) is 0 Å². The Bertz CT molecular complexity index is 803. The average molecular weight is 358 g/mol. The first-order valence-electron chi connectivity index (χ1n) is 9.78. The Morgan fingerprint density at radius 1 is 0.808 bits per heavy atom.